The molecule has 2 nitrogen and oxygen atoms in total. The maximum Gasteiger partial charge on any atom is 0.305 e. The van der Waals surface area contributed by atoms with Gasteiger partial charge in [0.25, 0.3) is 0 Å². The van der Waals surface area contributed by atoms with Crippen LogP contribution in [-0.2, 0) is 9.53 Å². The van der Waals surface area contributed by atoms with Crippen LogP contribution in [0.5, 0.6) is 0 Å². The molecular weight excluding hydrogens is 244 g/mol. The summed E-state index contributed by atoms with van der Waals surface area (Å²) in [6.07, 6.45) is 12.1. The van der Waals surface area contributed by atoms with Gasteiger partial charge in [-0.05, 0) is 30.8 Å². The molecule has 0 aliphatic heterocycles. The van der Waals surface area contributed by atoms with Crippen molar-refractivity contribution in [3.63, 3.8) is 0 Å². The van der Waals surface area contributed by atoms with Crippen LogP contribution in [0, 0.1) is 0 Å². The first kappa shape index (κ1) is 17.8. The van der Waals surface area contributed by atoms with Crippen molar-refractivity contribution in [2.24, 2.45) is 0 Å². The van der Waals surface area contributed by atoms with E-state index in [0.29, 0.717) is 6.42 Å². The maximum atomic E-state index is 10.9. The molecule has 0 fully saturated rings. The highest BCUT2D eigenvalue weighted by molar-refractivity contribution is 7.99. The van der Waals surface area contributed by atoms with E-state index in [-0.39, 0.29) is 5.97 Å². The van der Waals surface area contributed by atoms with Crippen LogP contribution >= 0.6 is 11.8 Å². The Hall–Kier alpha value is -0.180. The van der Waals surface area contributed by atoms with Gasteiger partial charge in [-0.25, -0.2) is 0 Å². The fraction of sp³-hybridized carbons (Fsp3) is 0.933. The number of thioether (sulfide) groups is 1. The van der Waals surface area contributed by atoms with Crippen molar-refractivity contribution in [3.05, 3.63) is 0 Å². The minimum Gasteiger partial charge on any atom is -0.469 e. The van der Waals surface area contributed by atoms with Crippen LogP contribution in [0.3, 0.4) is 0 Å². The molecule has 0 aromatic carbocycles. The van der Waals surface area contributed by atoms with Crippen LogP contribution < -0.4 is 0 Å². The van der Waals surface area contributed by atoms with Crippen molar-refractivity contribution in [3.8, 4) is 0 Å². The Morgan fingerprint density at radius 2 is 1.44 bits per heavy atom. The smallest absolute Gasteiger partial charge is 0.305 e. The van der Waals surface area contributed by atoms with Crippen molar-refractivity contribution in [2.45, 2.75) is 71.1 Å². The molecule has 18 heavy (non-hydrogen) atoms. The van der Waals surface area contributed by atoms with Crippen LogP contribution in [0.1, 0.15) is 71.1 Å². The number of unbranched alkanes of at least 4 members (excludes halogenated alkanes) is 7. The van der Waals surface area contributed by atoms with E-state index in [4.69, 9.17) is 0 Å². The predicted molar refractivity (Wildman–Crippen MR) is 81.2 cm³/mol. The molecule has 0 bridgehead atoms. The second kappa shape index (κ2) is 14.9. The summed E-state index contributed by atoms with van der Waals surface area (Å²) in [5, 5.41) is 0. The number of rotatable bonds is 13. The van der Waals surface area contributed by atoms with Crippen LogP contribution in [0.15, 0.2) is 0 Å². The molecule has 0 saturated carbocycles. The number of methoxy groups -OCH3 is 1. The first-order valence-electron chi connectivity index (χ1n) is 7.45. The highest BCUT2D eigenvalue weighted by Gasteiger charge is 1.99. The molecule has 0 saturated heterocycles. The van der Waals surface area contributed by atoms with Crippen LogP contribution in [0.2, 0.25) is 0 Å². The molecule has 0 radical (unpaired) electrons. The minimum absolute atomic E-state index is 0.0716. The summed E-state index contributed by atoms with van der Waals surface area (Å²) in [7, 11) is 1.46. The zero-order chi connectivity index (χ0) is 13.5. The molecule has 0 atom stereocenters. The molecule has 0 aliphatic rings. The lowest BCUT2D eigenvalue weighted by Gasteiger charge is -2.02. The predicted octanol–water partition coefficient (Wildman–Crippen LogP) is 4.81. The van der Waals surface area contributed by atoms with Gasteiger partial charge in [0.05, 0.1) is 7.11 Å². The first-order valence-corrected chi connectivity index (χ1v) is 8.61. The molecule has 108 valence electrons. The normalized spacial score (nSPS) is 10.6. The van der Waals surface area contributed by atoms with Gasteiger partial charge >= 0.3 is 5.97 Å². The molecule has 0 rings (SSSR count). The quantitative estimate of drug-likeness (QED) is 0.356. The van der Waals surface area contributed by atoms with Crippen molar-refractivity contribution in [2.75, 3.05) is 18.6 Å². The average Bonchev–Trinajstić information content (AvgIpc) is 2.39. The summed E-state index contributed by atoms with van der Waals surface area (Å²) in [5.74, 6) is 2.57. The highest BCUT2D eigenvalue weighted by atomic mass is 32.2. The lowest BCUT2D eigenvalue weighted by molar-refractivity contribution is -0.140. The SMILES string of the molecule is CCCCCCSCCCCCCCC(=O)OC. The van der Waals surface area contributed by atoms with E-state index in [9.17, 15) is 4.79 Å². The van der Waals surface area contributed by atoms with Gasteiger partial charge < -0.3 is 4.74 Å². The Morgan fingerprint density at radius 3 is 2.06 bits per heavy atom. The molecular formula is C15H30O2S. The largest absolute Gasteiger partial charge is 0.469 e. The van der Waals surface area contributed by atoms with Gasteiger partial charge in [-0.2, -0.15) is 11.8 Å². The van der Waals surface area contributed by atoms with Crippen LogP contribution in [0.4, 0.5) is 0 Å². The number of hydrogen-bond donors (Lipinski definition) is 0. The second-order valence-corrected chi connectivity index (χ2v) is 5.99. The lowest BCUT2D eigenvalue weighted by atomic mass is 10.1. The lowest BCUT2D eigenvalue weighted by Crippen LogP contribution is -1.99. The highest BCUT2D eigenvalue weighted by Crippen LogP contribution is 2.12. The van der Waals surface area contributed by atoms with Crippen molar-refractivity contribution >= 4 is 17.7 Å². The molecule has 0 spiro atoms. The van der Waals surface area contributed by atoms with E-state index >= 15 is 0 Å². The maximum absolute atomic E-state index is 10.9. The van der Waals surface area contributed by atoms with E-state index < -0.39 is 0 Å². The van der Waals surface area contributed by atoms with Gasteiger partial charge in [0.15, 0.2) is 0 Å². The topological polar surface area (TPSA) is 26.3 Å². The van der Waals surface area contributed by atoms with E-state index in [2.05, 4.69) is 23.4 Å². The Kier molecular flexibility index (Phi) is 14.7. The number of carbonyl (C=O) groups excluding carboxylic acids is 1. The van der Waals surface area contributed by atoms with Crippen molar-refractivity contribution in [1.82, 2.24) is 0 Å². The zero-order valence-electron chi connectivity index (χ0n) is 12.2. The van der Waals surface area contributed by atoms with Crippen LogP contribution in [0.25, 0.3) is 0 Å². The monoisotopic (exact) mass is 274 g/mol. The third-order valence-electron chi connectivity index (χ3n) is 3.04. The molecule has 0 N–H and O–H groups in total. The van der Waals surface area contributed by atoms with E-state index in [1.54, 1.807) is 0 Å². The number of hydrogen-bond acceptors (Lipinski definition) is 3. The number of carbonyl (C=O) groups is 1. The molecule has 0 aromatic rings. The standard InChI is InChI=1S/C15H30O2S/c1-3-4-5-10-13-18-14-11-8-6-7-9-12-15(16)17-2/h3-14H2,1-2H3. The van der Waals surface area contributed by atoms with Gasteiger partial charge in [0.2, 0.25) is 0 Å². The summed E-state index contributed by atoms with van der Waals surface area (Å²) in [6.45, 7) is 2.26. The average molecular weight is 274 g/mol. The minimum atomic E-state index is -0.0716. The molecule has 0 amide bonds. The second-order valence-electron chi connectivity index (χ2n) is 4.77. The van der Waals surface area contributed by atoms with Crippen molar-refractivity contribution < 1.29 is 9.53 Å². The Morgan fingerprint density at radius 1 is 0.889 bits per heavy atom. The molecule has 0 unspecified atom stereocenters. The number of esters is 1. The Balaban J connectivity index is 2.97. The summed E-state index contributed by atoms with van der Waals surface area (Å²) in [6, 6.07) is 0. The third kappa shape index (κ3) is 13.9. The van der Waals surface area contributed by atoms with E-state index in [0.717, 1.165) is 12.8 Å². The summed E-state index contributed by atoms with van der Waals surface area (Å²) >= 11 is 2.10. The van der Waals surface area contributed by atoms with Gasteiger partial charge in [0, 0.05) is 6.42 Å². The van der Waals surface area contributed by atoms with Gasteiger partial charge in [-0.1, -0.05) is 45.4 Å². The summed E-state index contributed by atoms with van der Waals surface area (Å²) in [4.78, 5) is 10.9. The molecule has 3 heteroatoms. The first-order chi connectivity index (χ1) is 8.81. The third-order valence-corrected chi connectivity index (χ3v) is 4.19. The molecule has 0 aliphatic carbocycles. The summed E-state index contributed by atoms with van der Waals surface area (Å²) in [5.41, 5.74) is 0. The summed E-state index contributed by atoms with van der Waals surface area (Å²) < 4.78 is 4.61. The number of ether oxygens (including phenoxy) is 1. The van der Waals surface area contributed by atoms with Gasteiger partial charge in [0.1, 0.15) is 0 Å². The van der Waals surface area contributed by atoms with E-state index in [1.807, 2.05) is 0 Å². The fourth-order valence-electron chi connectivity index (χ4n) is 1.84. The molecule has 0 aromatic heterocycles. The van der Waals surface area contributed by atoms with Crippen molar-refractivity contribution in [1.29, 1.82) is 0 Å². The molecule has 0 heterocycles. The van der Waals surface area contributed by atoms with E-state index in [1.165, 1.54) is 63.6 Å². The van der Waals surface area contributed by atoms with Crippen LogP contribution in [-0.4, -0.2) is 24.6 Å². The van der Waals surface area contributed by atoms with Gasteiger partial charge in [-0.15, -0.1) is 0 Å². The zero-order valence-corrected chi connectivity index (χ0v) is 13.0. The Labute approximate surface area is 117 Å². The van der Waals surface area contributed by atoms with Gasteiger partial charge in [-0.3, -0.25) is 4.79 Å². The fourth-order valence-corrected chi connectivity index (χ4v) is 2.86. The Bertz CT molecular complexity index is 183.